The van der Waals surface area contributed by atoms with Gasteiger partial charge in [0.1, 0.15) is 17.4 Å². The largest absolute Gasteiger partial charge is 0.509 e. The molecule has 126 valence electrons. The standard InChI is InChI=1S/C19H17ClN4O/c1-11-7-8-12(20)9-15(11)24-10-16(25)17(18(24)21)19-22-13-5-3-4-6-14(13)23(19)2/h3-9,21,25H,10H2,1-2H3. The van der Waals surface area contributed by atoms with Crippen LogP contribution in [0.25, 0.3) is 16.6 Å². The number of halogens is 1. The number of imidazole rings is 1. The molecule has 25 heavy (non-hydrogen) atoms. The van der Waals surface area contributed by atoms with E-state index in [0.717, 1.165) is 22.3 Å². The zero-order chi connectivity index (χ0) is 17.7. The van der Waals surface area contributed by atoms with Crippen LogP contribution in [0.15, 0.2) is 48.2 Å². The lowest BCUT2D eigenvalue weighted by Crippen LogP contribution is -2.27. The molecule has 0 spiro atoms. The number of aliphatic hydroxyl groups excluding tert-OH is 1. The van der Waals surface area contributed by atoms with Crippen molar-refractivity contribution < 1.29 is 5.11 Å². The molecule has 5 nitrogen and oxygen atoms in total. The number of aryl methyl sites for hydroxylation is 2. The van der Waals surface area contributed by atoms with Crippen LogP contribution < -0.4 is 4.90 Å². The first-order chi connectivity index (χ1) is 12.0. The number of aromatic nitrogens is 2. The van der Waals surface area contributed by atoms with Crippen molar-refractivity contribution in [3.8, 4) is 0 Å². The average Bonchev–Trinajstić information content (AvgIpc) is 3.07. The number of hydrogen-bond donors (Lipinski definition) is 2. The molecule has 0 saturated heterocycles. The number of anilines is 1. The van der Waals surface area contributed by atoms with Crippen molar-refractivity contribution in [3.63, 3.8) is 0 Å². The van der Waals surface area contributed by atoms with Crippen LogP contribution in [0.4, 0.5) is 5.69 Å². The van der Waals surface area contributed by atoms with Crippen LogP contribution >= 0.6 is 11.6 Å². The zero-order valence-electron chi connectivity index (χ0n) is 13.9. The molecule has 2 aromatic carbocycles. The fraction of sp³-hybridized carbons (Fsp3) is 0.158. The van der Waals surface area contributed by atoms with E-state index in [4.69, 9.17) is 17.0 Å². The third-order valence-corrected chi connectivity index (χ3v) is 4.81. The van der Waals surface area contributed by atoms with E-state index in [0.29, 0.717) is 16.4 Å². The van der Waals surface area contributed by atoms with Crippen LogP contribution in [-0.4, -0.2) is 27.0 Å². The van der Waals surface area contributed by atoms with E-state index in [1.807, 2.05) is 61.0 Å². The minimum absolute atomic E-state index is 0.141. The first kappa shape index (κ1) is 15.7. The highest BCUT2D eigenvalue weighted by molar-refractivity contribution is 6.32. The Hall–Kier alpha value is -2.79. The highest BCUT2D eigenvalue weighted by Gasteiger charge is 2.32. The summed E-state index contributed by atoms with van der Waals surface area (Å²) in [7, 11) is 1.89. The Balaban J connectivity index is 1.81. The molecule has 0 bridgehead atoms. The van der Waals surface area contributed by atoms with Crippen LogP contribution in [0.2, 0.25) is 5.02 Å². The number of benzene rings is 2. The Bertz CT molecular complexity index is 1050. The molecule has 0 radical (unpaired) electrons. The molecule has 1 aromatic heterocycles. The van der Waals surface area contributed by atoms with Gasteiger partial charge in [0.15, 0.2) is 0 Å². The number of nitrogens with one attached hydrogen (secondary N) is 1. The summed E-state index contributed by atoms with van der Waals surface area (Å²) in [6.45, 7) is 2.20. The van der Waals surface area contributed by atoms with Crippen molar-refractivity contribution in [1.29, 1.82) is 5.41 Å². The smallest absolute Gasteiger partial charge is 0.148 e. The van der Waals surface area contributed by atoms with Gasteiger partial charge in [-0.1, -0.05) is 29.8 Å². The third-order valence-electron chi connectivity index (χ3n) is 4.58. The maximum absolute atomic E-state index is 10.6. The van der Waals surface area contributed by atoms with Crippen molar-refractivity contribution in [3.05, 3.63) is 64.6 Å². The second kappa shape index (κ2) is 5.63. The second-order valence-electron chi connectivity index (χ2n) is 6.17. The van der Waals surface area contributed by atoms with Gasteiger partial charge in [0.25, 0.3) is 0 Å². The summed E-state index contributed by atoms with van der Waals surface area (Å²) in [6.07, 6.45) is 0. The Kier molecular flexibility index (Phi) is 3.54. The lowest BCUT2D eigenvalue weighted by Gasteiger charge is -2.21. The molecule has 6 heteroatoms. The van der Waals surface area contributed by atoms with Crippen molar-refractivity contribution in [2.24, 2.45) is 7.05 Å². The maximum atomic E-state index is 10.6. The Morgan fingerprint density at radius 2 is 1.96 bits per heavy atom. The summed E-state index contributed by atoms with van der Waals surface area (Å²) >= 11 is 6.12. The summed E-state index contributed by atoms with van der Waals surface area (Å²) < 4.78 is 1.91. The van der Waals surface area contributed by atoms with Gasteiger partial charge in [0.2, 0.25) is 0 Å². The summed E-state index contributed by atoms with van der Waals surface area (Å²) in [4.78, 5) is 6.37. The first-order valence-electron chi connectivity index (χ1n) is 7.94. The fourth-order valence-electron chi connectivity index (χ4n) is 3.26. The average molecular weight is 353 g/mol. The van der Waals surface area contributed by atoms with Gasteiger partial charge in [0, 0.05) is 17.8 Å². The topological polar surface area (TPSA) is 65.1 Å². The molecule has 2 N–H and O–H groups in total. The van der Waals surface area contributed by atoms with E-state index in [-0.39, 0.29) is 18.1 Å². The Labute approximate surface area is 150 Å². The molecular weight excluding hydrogens is 336 g/mol. The van der Waals surface area contributed by atoms with Gasteiger partial charge in [-0.3, -0.25) is 5.41 Å². The van der Waals surface area contributed by atoms with Gasteiger partial charge in [0.05, 0.1) is 23.2 Å². The molecule has 0 unspecified atom stereocenters. The molecule has 3 aromatic rings. The van der Waals surface area contributed by atoms with E-state index in [1.165, 1.54) is 0 Å². The van der Waals surface area contributed by atoms with Crippen LogP contribution in [0.5, 0.6) is 0 Å². The molecule has 1 aliphatic rings. The fourth-order valence-corrected chi connectivity index (χ4v) is 3.43. The molecule has 2 heterocycles. The van der Waals surface area contributed by atoms with E-state index in [1.54, 1.807) is 4.90 Å². The van der Waals surface area contributed by atoms with E-state index in [9.17, 15) is 5.11 Å². The van der Waals surface area contributed by atoms with Gasteiger partial charge in [-0.15, -0.1) is 0 Å². The Morgan fingerprint density at radius 1 is 1.20 bits per heavy atom. The number of rotatable bonds is 2. The summed E-state index contributed by atoms with van der Waals surface area (Å²) in [5.41, 5.74) is 4.07. The predicted molar refractivity (Wildman–Crippen MR) is 102 cm³/mol. The number of para-hydroxylation sites is 2. The molecule has 0 amide bonds. The van der Waals surface area contributed by atoms with Gasteiger partial charge in [-0.05, 0) is 36.8 Å². The number of hydrogen-bond acceptors (Lipinski definition) is 3. The van der Waals surface area contributed by atoms with E-state index < -0.39 is 0 Å². The Morgan fingerprint density at radius 3 is 2.72 bits per heavy atom. The maximum Gasteiger partial charge on any atom is 0.148 e. The quantitative estimate of drug-likeness (QED) is 0.722. The summed E-state index contributed by atoms with van der Waals surface area (Å²) in [5, 5.41) is 19.8. The summed E-state index contributed by atoms with van der Waals surface area (Å²) in [6, 6.07) is 13.3. The van der Waals surface area contributed by atoms with Gasteiger partial charge >= 0.3 is 0 Å². The lowest BCUT2D eigenvalue weighted by atomic mass is 10.1. The van der Waals surface area contributed by atoms with E-state index >= 15 is 0 Å². The first-order valence-corrected chi connectivity index (χ1v) is 8.31. The number of fused-ring (bicyclic) bond motifs is 1. The van der Waals surface area contributed by atoms with Crippen molar-refractivity contribution in [2.45, 2.75) is 6.92 Å². The van der Waals surface area contributed by atoms with Crippen molar-refractivity contribution in [1.82, 2.24) is 9.55 Å². The number of amidine groups is 1. The highest BCUT2D eigenvalue weighted by atomic mass is 35.5. The predicted octanol–water partition coefficient (Wildman–Crippen LogP) is 4.30. The van der Waals surface area contributed by atoms with Crippen LogP contribution in [-0.2, 0) is 7.05 Å². The molecule has 4 rings (SSSR count). The molecule has 0 aliphatic carbocycles. The van der Waals surface area contributed by atoms with Gasteiger partial charge < -0.3 is 14.6 Å². The normalized spacial score (nSPS) is 14.8. The molecular formula is C19H17ClN4O. The minimum atomic E-state index is 0.141. The molecule has 0 fully saturated rings. The SMILES string of the molecule is Cc1ccc(Cl)cc1N1CC(O)=C(c2nc3ccccc3n2C)C1=N. The second-order valence-corrected chi connectivity index (χ2v) is 6.61. The van der Waals surface area contributed by atoms with Crippen LogP contribution in [0.1, 0.15) is 11.4 Å². The molecule has 0 saturated carbocycles. The molecule has 1 aliphatic heterocycles. The lowest BCUT2D eigenvalue weighted by molar-refractivity contribution is 0.411. The van der Waals surface area contributed by atoms with Crippen LogP contribution in [0.3, 0.4) is 0 Å². The summed E-state index contributed by atoms with van der Waals surface area (Å²) in [5.74, 6) is 0.954. The highest BCUT2D eigenvalue weighted by Crippen LogP contribution is 2.34. The van der Waals surface area contributed by atoms with Crippen molar-refractivity contribution in [2.75, 3.05) is 11.4 Å². The minimum Gasteiger partial charge on any atom is -0.509 e. The molecule has 0 atom stereocenters. The number of nitrogens with zero attached hydrogens (tertiary/aromatic N) is 3. The van der Waals surface area contributed by atoms with Crippen molar-refractivity contribution >= 4 is 39.7 Å². The van der Waals surface area contributed by atoms with Gasteiger partial charge in [-0.25, -0.2) is 4.98 Å². The zero-order valence-corrected chi connectivity index (χ0v) is 14.7. The number of aliphatic hydroxyl groups is 1. The van der Waals surface area contributed by atoms with E-state index in [2.05, 4.69) is 4.98 Å². The monoisotopic (exact) mass is 352 g/mol. The third kappa shape index (κ3) is 2.39. The van der Waals surface area contributed by atoms with Crippen LogP contribution in [0, 0.1) is 12.3 Å². The van der Waals surface area contributed by atoms with Gasteiger partial charge in [-0.2, -0.15) is 0 Å².